The maximum Gasteiger partial charge on any atom is 0.146 e. The molecule has 0 atom stereocenters. The summed E-state index contributed by atoms with van der Waals surface area (Å²) in [4.78, 5) is 2.39. The van der Waals surface area contributed by atoms with Crippen molar-refractivity contribution in [3.8, 4) is 5.75 Å². The predicted octanol–water partition coefficient (Wildman–Crippen LogP) is 5.69. The Balaban J connectivity index is 1.78. The Kier molecular flexibility index (Phi) is 3.30. The number of hydrogen-bond donors (Lipinski definition) is 0. The first kappa shape index (κ1) is 14.6. The van der Waals surface area contributed by atoms with Gasteiger partial charge in [-0.1, -0.05) is 42.5 Å². The minimum Gasteiger partial charge on any atom is -0.491 e. The second-order valence-electron chi connectivity index (χ2n) is 6.93. The molecule has 2 aliphatic rings. The molecular formula is C23H21NO. The zero-order valence-electron chi connectivity index (χ0n) is 14.5. The van der Waals surface area contributed by atoms with Crippen LogP contribution in [0.3, 0.4) is 0 Å². The summed E-state index contributed by atoms with van der Waals surface area (Å²) >= 11 is 0. The lowest BCUT2D eigenvalue weighted by molar-refractivity contribution is 0.289. The van der Waals surface area contributed by atoms with E-state index in [4.69, 9.17) is 4.74 Å². The SMILES string of the molecule is Cc1ccc(N2c3ccccc3Cc3ccccc32)c2c1CCCO2. The lowest BCUT2D eigenvalue weighted by atomic mass is 9.93. The zero-order chi connectivity index (χ0) is 16.8. The second kappa shape index (κ2) is 5.66. The van der Waals surface area contributed by atoms with Gasteiger partial charge in [-0.3, -0.25) is 0 Å². The van der Waals surface area contributed by atoms with Crippen molar-refractivity contribution >= 4 is 17.1 Å². The number of ether oxygens (including phenoxy) is 1. The highest BCUT2D eigenvalue weighted by Gasteiger charge is 2.28. The molecule has 5 rings (SSSR count). The Hall–Kier alpha value is -2.74. The molecule has 0 unspecified atom stereocenters. The first-order chi connectivity index (χ1) is 12.3. The number of hydrogen-bond acceptors (Lipinski definition) is 2. The number of para-hydroxylation sites is 2. The molecule has 25 heavy (non-hydrogen) atoms. The van der Waals surface area contributed by atoms with E-state index in [-0.39, 0.29) is 0 Å². The van der Waals surface area contributed by atoms with Crippen molar-refractivity contribution < 1.29 is 4.74 Å². The summed E-state index contributed by atoms with van der Waals surface area (Å²) in [5.41, 5.74) is 9.13. The van der Waals surface area contributed by atoms with E-state index in [9.17, 15) is 0 Å². The van der Waals surface area contributed by atoms with Gasteiger partial charge in [0.2, 0.25) is 0 Å². The van der Waals surface area contributed by atoms with Gasteiger partial charge >= 0.3 is 0 Å². The summed E-state index contributed by atoms with van der Waals surface area (Å²) in [5, 5.41) is 0. The molecule has 0 amide bonds. The van der Waals surface area contributed by atoms with E-state index < -0.39 is 0 Å². The van der Waals surface area contributed by atoms with Crippen molar-refractivity contribution in [2.24, 2.45) is 0 Å². The van der Waals surface area contributed by atoms with E-state index in [0.717, 1.165) is 31.6 Å². The third-order valence-corrected chi connectivity index (χ3v) is 5.38. The summed E-state index contributed by atoms with van der Waals surface area (Å²) < 4.78 is 6.18. The molecule has 0 bridgehead atoms. The molecule has 0 radical (unpaired) electrons. The first-order valence-corrected chi connectivity index (χ1v) is 9.04. The summed E-state index contributed by atoms with van der Waals surface area (Å²) in [6, 6.07) is 21.9. The number of benzene rings is 3. The summed E-state index contributed by atoms with van der Waals surface area (Å²) in [6.07, 6.45) is 3.19. The topological polar surface area (TPSA) is 12.5 Å². The van der Waals surface area contributed by atoms with Crippen molar-refractivity contribution in [1.29, 1.82) is 0 Å². The molecule has 0 saturated heterocycles. The van der Waals surface area contributed by atoms with E-state index >= 15 is 0 Å². The minimum atomic E-state index is 0.806. The van der Waals surface area contributed by atoms with Crippen LogP contribution in [-0.4, -0.2) is 6.61 Å². The van der Waals surface area contributed by atoms with Gasteiger partial charge in [-0.25, -0.2) is 0 Å². The minimum absolute atomic E-state index is 0.806. The van der Waals surface area contributed by atoms with Gasteiger partial charge in [-0.05, 0) is 60.2 Å². The fraction of sp³-hybridized carbons (Fsp3) is 0.217. The average molecular weight is 327 g/mol. The predicted molar refractivity (Wildman–Crippen MR) is 102 cm³/mol. The van der Waals surface area contributed by atoms with E-state index in [0.29, 0.717) is 0 Å². The number of aryl methyl sites for hydroxylation is 1. The van der Waals surface area contributed by atoms with Gasteiger partial charge < -0.3 is 9.64 Å². The molecular weight excluding hydrogens is 306 g/mol. The van der Waals surface area contributed by atoms with Gasteiger partial charge in [0, 0.05) is 17.8 Å². The van der Waals surface area contributed by atoms with Crippen LogP contribution in [0, 0.1) is 6.92 Å². The number of nitrogens with zero attached hydrogens (tertiary/aromatic N) is 1. The molecule has 0 saturated carbocycles. The highest BCUT2D eigenvalue weighted by atomic mass is 16.5. The van der Waals surface area contributed by atoms with Crippen LogP contribution in [0.5, 0.6) is 5.75 Å². The lowest BCUT2D eigenvalue weighted by Crippen LogP contribution is -2.21. The molecule has 2 heterocycles. The van der Waals surface area contributed by atoms with Gasteiger partial charge in [0.1, 0.15) is 5.75 Å². The Labute approximate surface area is 148 Å². The van der Waals surface area contributed by atoms with Crippen molar-refractivity contribution in [1.82, 2.24) is 0 Å². The fourth-order valence-corrected chi connectivity index (χ4v) is 4.14. The zero-order valence-corrected chi connectivity index (χ0v) is 14.5. The molecule has 124 valence electrons. The number of anilines is 3. The quantitative estimate of drug-likeness (QED) is 0.445. The Morgan fingerprint density at radius 1 is 0.800 bits per heavy atom. The highest BCUT2D eigenvalue weighted by molar-refractivity contribution is 5.86. The van der Waals surface area contributed by atoms with E-state index in [1.54, 1.807) is 0 Å². The van der Waals surface area contributed by atoms with Crippen LogP contribution in [0.4, 0.5) is 17.1 Å². The number of fused-ring (bicyclic) bond motifs is 3. The first-order valence-electron chi connectivity index (χ1n) is 9.04. The molecule has 0 fully saturated rings. The monoisotopic (exact) mass is 327 g/mol. The Morgan fingerprint density at radius 2 is 1.48 bits per heavy atom. The van der Waals surface area contributed by atoms with Crippen LogP contribution < -0.4 is 9.64 Å². The maximum absolute atomic E-state index is 6.18. The fourth-order valence-electron chi connectivity index (χ4n) is 4.14. The van der Waals surface area contributed by atoms with Gasteiger partial charge in [0.25, 0.3) is 0 Å². The molecule has 2 nitrogen and oxygen atoms in total. The van der Waals surface area contributed by atoms with Gasteiger partial charge in [-0.2, -0.15) is 0 Å². The summed E-state index contributed by atoms with van der Waals surface area (Å²) in [5.74, 6) is 1.07. The largest absolute Gasteiger partial charge is 0.491 e. The van der Waals surface area contributed by atoms with Crippen LogP contribution in [0.1, 0.15) is 28.7 Å². The molecule has 2 aliphatic heterocycles. The molecule has 0 aromatic heterocycles. The van der Waals surface area contributed by atoms with Gasteiger partial charge in [-0.15, -0.1) is 0 Å². The van der Waals surface area contributed by atoms with Crippen molar-refractivity contribution in [3.63, 3.8) is 0 Å². The normalized spacial score (nSPS) is 15.0. The van der Waals surface area contributed by atoms with Gasteiger partial charge in [0.15, 0.2) is 0 Å². The smallest absolute Gasteiger partial charge is 0.146 e. The van der Waals surface area contributed by atoms with E-state index in [1.165, 1.54) is 39.3 Å². The molecule has 2 heteroatoms. The van der Waals surface area contributed by atoms with E-state index in [1.807, 2.05) is 0 Å². The third-order valence-electron chi connectivity index (χ3n) is 5.38. The lowest BCUT2D eigenvalue weighted by Gasteiger charge is -2.35. The van der Waals surface area contributed by atoms with Gasteiger partial charge in [0.05, 0.1) is 12.3 Å². The molecule has 0 spiro atoms. The van der Waals surface area contributed by atoms with Crippen LogP contribution in [-0.2, 0) is 12.8 Å². The van der Waals surface area contributed by atoms with Crippen LogP contribution in [0.25, 0.3) is 0 Å². The Morgan fingerprint density at radius 3 is 2.20 bits per heavy atom. The van der Waals surface area contributed by atoms with Crippen LogP contribution in [0.15, 0.2) is 60.7 Å². The van der Waals surface area contributed by atoms with Crippen LogP contribution >= 0.6 is 0 Å². The molecule has 0 aliphatic carbocycles. The average Bonchev–Trinajstić information content (AvgIpc) is 2.67. The van der Waals surface area contributed by atoms with Crippen molar-refractivity contribution in [2.75, 3.05) is 11.5 Å². The maximum atomic E-state index is 6.18. The molecule has 0 N–H and O–H groups in total. The Bertz CT molecular complexity index is 915. The highest BCUT2D eigenvalue weighted by Crippen LogP contribution is 2.48. The summed E-state index contributed by atoms with van der Waals surface area (Å²) in [7, 11) is 0. The number of rotatable bonds is 1. The molecule has 3 aromatic rings. The second-order valence-corrected chi connectivity index (χ2v) is 6.93. The van der Waals surface area contributed by atoms with E-state index in [2.05, 4.69) is 72.5 Å². The third kappa shape index (κ3) is 2.25. The molecule has 3 aromatic carbocycles. The van der Waals surface area contributed by atoms with Crippen molar-refractivity contribution in [2.45, 2.75) is 26.2 Å². The standard InChI is InChI=1S/C23H21NO/c1-16-12-13-22(23-19(16)9-6-14-25-23)24-20-10-4-2-7-17(20)15-18-8-3-5-11-21(18)24/h2-5,7-8,10-13H,6,9,14-15H2,1H3. The van der Waals surface area contributed by atoms with Crippen molar-refractivity contribution in [3.05, 3.63) is 82.9 Å². The summed E-state index contributed by atoms with van der Waals surface area (Å²) in [6.45, 7) is 3.00. The van der Waals surface area contributed by atoms with Crippen LogP contribution in [0.2, 0.25) is 0 Å².